The van der Waals surface area contributed by atoms with Gasteiger partial charge in [-0.05, 0) is 19.3 Å². The van der Waals surface area contributed by atoms with Gasteiger partial charge in [-0.3, -0.25) is 0 Å². The smallest absolute Gasteiger partial charge is 0.120 e. The number of fused-ring (bicyclic) bond motifs is 1. The minimum absolute atomic E-state index is 0.116. The van der Waals surface area contributed by atoms with Crippen molar-refractivity contribution in [3.8, 4) is 0 Å². The fraction of sp³-hybridized carbons (Fsp3) is 1.00. The van der Waals surface area contributed by atoms with E-state index < -0.39 is 0 Å². The first-order chi connectivity index (χ1) is 6.29. The molecule has 1 N–H and O–H groups in total. The summed E-state index contributed by atoms with van der Waals surface area (Å²) in [5.74, 6) is 0. The summed E-state index contributed by atoms with van der Waals surface area (Å²) in [4.78, 5) is 0. The van der Waals surface area contributed by atoms with E-state index in [2.05, 4.69) is 0 Å². The van der Waals surface area contributed by atoms with Crippen LogP contribution in [-0.4, -0.2) is 22.9 Å². The van der Waals surface area contributed by atoms with E-state index in [0.717, 1.165) is 19.3 Å². The Kier molecular flexibility index (Phi) is 2.61. The first kappa shape index (κ1) is 9.47. The van der Waals surface area contributed by atoms with E-state index in [-0.39, 0.29) is 11.7 Å². The molecule has 2 fully saturated rings. The van der Waals surface area contributed by atoms with Crippen LogP contribution in [0.15, 0.2) is 0 Å². The van der Waals surface area contributed by atoms with Crippen LogP contribution in [0.3, 0.4) is 0 Å². The maximum absolute atomic E-state index is 9.88. The monoisotopic (exact) mass is 184 g/mol. The van der Waals surface area contributed by atoms with Gasteiger partial charge in [0.25, 0.3) is 0 Å². The Morgan fingerprint density at radius 3 is 2.92 bits per heavy atom. The van der Waals surface area contributed by atoms with Gasteiger partial charge in [-0.2, -0.15) is 0 Å². The molecule has 2 rings (SSSR count). The molecule has 0 spiro atoms. The van der Waals surface area contributed by atoms with Crippen molar-refractivity contribution in [2.75, 3.05) is 0 Å². The van der Waals surface area contributed by atoms with Crippen LogP contribution in [0.5, 0.6) is 0 Å². The minimum Gasteiger partial charge on any atom is -0.390 e. The average Bonchev–Trinajstić information content (AvgIpc) is 2.78. The number of epoxide rings is 1. The molecular formula is C11H20O2. The molecule has 1 aliphatic carbocycles. The second-order valence-corrected chi connectivity index (χ2v) is 4.44. The van der Waals surface area contributed by atoms with Crippen LogP contribution < -0.4 is 0 Å². The highest BCUT2D eigenvalue weighted by molar-refractivity contribution is 5.07. The van der Waals surface area contributed by atoms with Crippen molar-refractivity contribution in [2.24, 2.45) is 0 Å². The second-order valence-electron chi connectivity index (χ2n) is 4.44. The van der Waals surface area contributed by atoms with Crippen molar-refractivity contribution in [3.63, 3.8) is 0 Å². The molecule has 1 saturated carbocycles. The van der Waals surface area contributed by atoms with Gasteiger partial charge in [-0.25, -0.2) is 0 Å². The molecule has 2 nitrogen and oxygen atoms in total. The van der Waals surface area contributed by atoms with Crippen LogP contribution in [0.2, 0.25) is 0 Å². The van der Waals surface area contributed by atoms with Crippen LogP contribution in [-0.2, 0) is 4.74 Å². The Morgan fingerprint density at radius 2 is 2.15 bits per heavy atom. The maximum atomic E-state index is 9.88. The summed E-state index contributed by atoms with van der Waals surface area (Å²) in [5, 5.41) is 9.88. The molecule has 0 aromatic rings. The Hall–Kier alpha value is -0.0800. The van der Waals surface area contributed by atoms with Gasteiger partial charge in [0.05, 0.1) is 12.2 Å². The molecule has 0 radical (unpaired) electrons. The van der Waals surface area contributed by atoms with Gasteiger partial charge in [0.2, 0.25) is 0 Å². The predicted molar refractivity (Wildman–Crippen MR) is 51.6 cm³/mol. The van der Waals surface area contributed by atoms with Crippen molar-refractivity contribution in [3.05, 3.63) is 0 Å². The molecule has 3 atom stereocenters. The van der Waals surface area contributed by atoms with E-state index in [1.807, 2.05) is 6.92 Å². The molecule has 1 unspecified atom stereocenters. The molecule has 1 aliphatic heterocycles. The molecule has 13 heavy (non-hydrogen) atoms. The fourth-order valence-electron chi connectivity index (χ4n) is 2.64. The zero-order valence-electron chi connectivity index (χ0n) is 8.46. The third kappa shape index (κ3) is 1.62. The summed E-state index contributed by atoms with van der Waals surface area (Å²) in [7, 11) is 0. The molecule has 2 heteroatoms. The zero-order chi connectivity index (χ0) is 9.31. The predicted octanol–water partition coefficient (Wildman–Crippen LogP) is 2.25. The van der Waals surface area contributed by atoms with E-state index >= 15 is 0 Å². The van der Waals surface area contributed by atoms with Crippen molar-refractivity contribution < 1.29 is 9.84 Å². The van der Waals surface area contributed by atoms with E-state index in [4.69, 9.17) is 4.74 Å². The third-order valence-corrected chi connectivity index (χ3v) is 3.58. The lowest BCUT2D eigenvalue weighted by Crippen LogP contribution is -2.32. The van der Waals surface area contributed by atoms with Crippen LogP contribution in [0.1, 0.15) is 51.9 Å². The van der Waals surface area contributed by atoms with Gasteiger partial charge in [-0.1, -0.05) is 32.6 Å². The normalized spacial score (nSPS) is 41.5. The Balaban J connectivity index is 1.98. The molecule has 1 heterocycles. The highest BCUT2D eigenvalue weighted by atomic mass is 16.6. The van der Waals surface area contributed by atoms with E-state index in [0.29, 0.717) is 6.10 Å². The van der Waals surface area contributed by atoms with Gasteiger partial charge in [0, 0.05) is 0 Å². The maximum Gasteiger partial charge on any atom is 0.120 e. The third-order valence-electron chi connectivity index (χ3n) is 3.58. The molecule has 1 saturated heterocycles. The summed E-state index contributed by atoms with van der Waals surface area (Å²) in [6.45, 7) is 2.04. The standard InChI is InChI=1S/C11H20O2/c1-2-9(12)11-8-6-4-3-5-7-10(11)13-11/h9-10,12H,2-8H2,1H3/t9?,10-,11-/m0/s1. The van der Waals surface area contributed by atoms with Gasteiger partial charge < -0.3 is 9.84 Å². The van der Waals surface area contributed by atoms with E-state index in [1.165, 1.54) is 25.7 Å². The summed E-state index contributed by atoms with van der Waals surface area (Å²) in [6, 6.07) is 0. The molecular weight excluding hydrogens is 164 g/mol. The first-order valence-corrected chi connectivity index (χ1v) is 5.65. The summed E-state index contributed by atoms with van der Waals surface area (Å²) in [5.41, 5.74) is -0.116. The lowest BCUT2D eigenvalue weighted by Gasteiger charge is -2.20. The number of aliphatic hydroxyl groups is 1. The first-order valence-electron chi connectivity index (χ1n) is 5.65. The number of hydrogen-bond donors (Lipinski definition) is 1. The molecule has 0 aromatic carbocycles. The van der Waals surface area contributed by atoms with Crippen LogP contribution in [0, 0.1) is 0 Å². The number of hydrogen-bond acceptors (Lipinski definition) is 2. The van der Waals surface area contributed by atoms with Gasteiger partial charge in [0.15, 0.2) is 0 Å². The Labute approximate surface area is 80.3 Å². The fourth-order valence-corrected chi connectivity index (χ4v) is 2.64. The molecule has 76 valence electrons. The summed E-state index contributed by atoms with van der Waals surface area (Å²) in [6.07, 6.45) is 8.39. The zero-order valence-corrected chi connectivity index (χ0v) is 8.46. The molecule has 0 amide bonds. The molecule has 2 aliphatic rings. The SMILES string of the molecule is CCC(O)[C@@]12CCCCCC[C@@H]1O2. The van der Waals surface area contributed by atoms with Gasteiger partial charge in [-0.15, -0.1) is 0 Å². The Bertz CT molecular complexity index is 181. The number of aliphatic hydroxyl groups excluding tert-OH is 1. The topological polar surface area (TPSA) is 32.8 Å². The molecule has 0 aromatic heterocycles. The molecule has 0 bridgehead atoms. The largest absolute Gasteiger partial charge is 0.390 e. The van der Waals surface area contributed by atoms with Crippen LogP contribution in [0.4, 0.5) is 0 Å². The minimum atomic E-state index is -0.226. The van der Waals surface area contributed by atoms with Gasteiger partial charge >= 0.3 is 0 Å². The average molecular weight is 184 g/mol. The lowest BCUT2D eigenvalue weighted by atomic mass is 9.86. The van der Waals surface area contributed by atoms with Crippen molar-refractivity contribution in [2.45, 2.75) is 69.7 Å². The highest BCUT2D eigenvalue weighted by Crippen LogP contribution is 2.48. The number of rotatable bonds is 2. The van der Waals surface area contributed by atoms with Crippen molar-refractivity contribution >= 4 is 0 Å². The highest BCUT2D eigenvalue weighted by Gasteiger charge is 2.59. The second kappa shape index (κ2) is 3.58. The van der Waals surface area contributed by atoms with E-state index in [9.17, 15) is 5.11 Å². The summed E-state index contributed by atoms with van der Waals surface area (Å²) >= 11 is 0. The number of ether oxygens (including phenoxy) is 1. The van der Waals surface area contributed by atoms with Crippen LogP contribution >= 0.6 is 0 Å². The van der Waals surface area contributed by atoms with Gasteiger partial charge in [0.1, 0.15) is 5.60 Å². The van der Waals surface area contributed by atoms with Crippen molar-refractivity contribution in [1.29, 1.82) is 0 Å². The summed E-state index contributed by atoms with van der Waals surface area (Å²) < 4.78 is 5.73. The quantitative estimate of drug-likeness (QED) is 0.668. The lowest BCUT2D eigenvalue weighted by molar-refractivity contribution is 0.0647. The van der Waals surface area contributed by atoms with Crippen molar-refractivity contribution in [1.82, 2.24) is 0 Å². The van der Waals surface area contributed by atoms with Crippen LogP contribution in [0.25, 0.3) is 0 Å². The van der Waals surface area contributed by atoms with E-state index in [1.54, 1.807) is 0 Å². The Morgan fingerprint density at radius 1 is 1.38 bits per heavy atom.